The highest BCUT2D eigenvalue weighted by molar-refractivity contribution is 7.99. The third-order valence-electron chi connectivity index (χ3n) is 5.04. The van der Waals surface area contributed by atoms with E-state index in [1.165, 1.54) is 33.5 Å². The predicted molar refractivity (Wildman–Crippen MR) is 130 cm³/mol. The molecule has 0 atom stereocenters. The Morgan fingerprint density at radius 1 is 1.23 bits per heavy atom. The van der Waals surface area contributed by atoms with Crippen molar-refractivity contribution in [1.29, 1.82) is 0 Å². The van der Waals surface area contributed by atoms with Crippen LogP contribution in [0.3, 0.4) is 0 Å². The van der Waals surface area contributed by atoms with Crippen molar-refractivity contribution in [3.8, 4) is 0 Å². The molecule has 1 N–H and O–H groups in total. The molecular formula is C21H26N6OS3. The first-order chi connectivity index (χ1) is 14.6. The number of thioether (sulfide) groups is 1. The van der Waals surface area contributed by atoms with Gasteiger partial charge in [-0.1, -0.05) is 46.4 Å². The van der Waals surface area contributed by atoms with Crippen molar-refractivity contribution in [2.45, 2.75) is 65.0 Å². The number of nitrogens with one attached hydrogen (secondary N) is 1. The molecule has 4 aromatic heterocycles. The Bertz CT molecular complexity index is 1280. The molecular weight excluding hydrogens is 448 g/mol. The van der Waals surface area contributed by atoms with E-state index in [0.29, 0.717) is 10.3 Å². The van der Waals surface area contributed by atoms with Crippen molar-refractivity contribution in [2.24, 2.45) is 0 Å². The quantitative estimate of drug-likeness (QED) is 0.381. The van der Waals surface area contributed by atoms with Crippen LogP contribution < -0.4 is 5.32 Å². The molecule has 0 aliphatic rings. The number of thiophene rings is 1. The summed E-state index contributed by atoms with van der Waals surface area (Å²) in [7, 11) is 0. The fourth-order valence-corrected chi connectivity index (χ4v) is 5.91. The molecule has 0 unspecified atom stereocenters. The van der Waals surface area contributed by atoms with Gasteiger partial charge in [-0.15, -0.1) is 32.9 Å². The van der Waals surface area contributed by atoms with E-state index in [1.807, 2.05) is 9.78 Å². The largest absolute Gasteiger partial charge is 0.301 e. The Morgan fingerprint density at radius 2 is 1.97 bits per heavy atom. The molecule has 0 saturated carbocycles. The van der Waals surface area contributed by atoms with E-state index in [-0.39, 0.29) is 23.0 Å². The molecule has 7 nitrogen and oxygen atoms in total. The maximum atomic E-state index is 12.6. The van der Waals surface area contributed by atoms with Crippen molar-refractivity contribution >= 4 is 61.3 Å². The van der Waals surface area contributed by atoms with Gasteiger partial charge in [0, 0.05) is 21.6 Å². The van der Waals surface area contributed by atoms with Gasteiger partial charge in [-0.05, 0) is 19.4 Å². The maximum Gasteiger partial charge on any atom is 0.236 e. The van der Waals surface area contributed by atoms with E-state index in [1.54, 1.807) is 11.3 Å². The second-order valence-electron chi connectivity index (χ2n) is 8.85. The zero-order valence-corrected chi connectivity index (χ0v) is 21.2. The van der Waals surface area contributed by atoms with Crippen LogP contribution in [0.1, 0.15) is 62.5 Å². The highest BCUT2D eigenvalue weighted by Crippen LogP contribution is 2.35. The van der Waals surface area contributed by atoms with Crippen molar-refractivity contribution in [3.63, 3.8) is 0 Å². The number of hydrogen-bond acceptors (Lipinski definition) is 8. The summed E-state index contributed by atoms with van der Waals surface area (Å²) in [5, 5.41) is 16.1. The first kappa shape index (κ1) is 22.2. The lowest BCUT2D eigenvalue weighted by molar-refractivity contribution is -0.113. The summed E-state index contributed by atoms with van der Waals surface area (Å²) in [6, 6.07) is 0. The summed E-state index contributed by atoms with van der Waals surface area (Å²) in [5.74, 6) is 1.22. The number of nitrogens with zero attached hydrogens (tertiary/aromatic N) is 5. The number of carbonyl (C=O) groups is 1. The van der Waals surface area contributed by atoms with E-state index >= 15 is 0 Å². The molecule has 10 heteroatoms. The average Bonchev–Trinajstić information content (AvgIpc) is 3.37. The molecule has 0 aromatic carbocycles. The SMILES string of the molecule is Cc1sc2nc(C(C)C)n3c(SCC(=O)Nc4nc(C(C)(C)C)cs4)nnc3c2c1C. The fraction of sp³-hybridized carbons (Fsp3) is 0.476. The normalized spacial score (nSPS) is 12.4. The topological polar surface area (TPSA) is 85.1 Å². The van der Waals surface area contributed by atoms with E-state index in [0.717, 1.165) is 27.4 Å². The second kappa shape index (κ2) is 8.14. The van der Waals surface area contributed by atoms with Crippen LogP contribution in [0.4, 0.5) is 5.13 Å². The molecule has 0 saturated heterocycles. The van der Waals surface area contributed by atoms with Crippen LogP contribution in [0.15, 0.2) is 10.5 Å². The molecule has 1 amide bonds. The Hall–Kier alpha value is -2.04. The average molecular weight is 475 g/mol. The monoisotopic (exact) mass is 474 g/mol. The molecule has 4 aromatic rings. The summed E-state index contributed by atoms with van der Waals surface area (Å²) in [5.41, 5.74) is 2.93. The summed E-state index contributed by atoms with van der Waals surface area (Å²) >= 11 is 4.50. The lowest BCUT2D eigenvalue weighted by Crippen LogP contribution is -2.16. The van der Waals surface area contributed by atoms with Crippen molar-refractivity contribution in [1.82, 2.24) is 24.6 Å². The van der Waals surface area contributed by atoms with E-state index in [9.17, 15) is 4.79 Å². The fourth-order valence-electron chi connectivity index (χ4n) is 3.19. The van der Waals surface area contributed by atoms with Crippen molar-refractivity contribution < 1.29 is 4.79 Å². The number of aromatic nitrogens is 5. The number of anilines is 1. The molecule has 0 bridgehead atoms. The number of fused-ring (bicyclic) bond motifs is 3. The van der Waals surface area contributed by atoms with Crippen LogP contribution in [-0.2, 0) is 10.2 Å². The van der Waals surface area contributed by atoms with Crippen LogP contribution in [-0.4, -0.2) is 36.2 Å². The van der Waals surface area contributed by atoms with Crippen LogP contribution in [0.5, 0.6) is 0 Å². The van der Waals surface area contributed by atoms with Crippen molar-refractivity contribution in [3.05, 3.63) is 27.3 Å². The van der Waals surface area contributed by atoms with Gasteiger partial charge in [0.25, 0.3) is 0 Å². The van der Waals surface area contributed by atoms with E-state index < -0.39 is 0 Å². The van der Waals surface area contributed by atoms with Gasteiger partial charge in [0.1, 0.15) is 10.7 Å². The molecule has 0 radical (unpaired) electrons. The zero-order valence-electron chi connectivity index (χ0n) is 18.7. The van der Waals surface area contributed by atoms with Gasteiger partial charge in [-0.25, -0.2) is 9.97 Å². The highest BCUT2D eigenvalue weighted by atomic mass is 32.2. The van der Waals surface area contributed by atoms with Gasteiger partial charge in [0.15, 0.2) is 15.9 Å². The Balaban J connectivity index is 1.59. The van der Waals surface area contributed by atoms with Gasteiger partial charge < -0.3 is 5.32 Å². The number of aryl methyl sites for hydroxylation is 2. The van der Waals surface area contributed by atoms with Crippen LogP contribution in [0, 0.1) is 13.8 Å². The van der Waals surface area contributed by atoms with Crippen LogP contribution in [0.2, 0.25) is 0 Å². The summed E-state index contributed by atoms with van der Waals surface area (Å²) in [4.78, 5) is 24.2. The summed E-state index contributed by atoms with van der Waals surface area (Å²) in [6.07, 6.45) is 0. The molecule has 4 heterocycles. The predicted octanol–water partition coefficient (Wildman–Crippen LogP) is 5.56. The van der Waals surface area contributed by atoms with Crippen LogP contribution in [0.25, 0.3) is 15.9 Å². The number of thiazole rings is 1. The maximum absolute atomic E-state index is 12.6. The smallest absolute Gasteiger partial charge is 0.236 e. The van der Waals surface area contributed by atoms with Gasteiger partial charge in [-0.2, -0.15) is 0 Å². The Labute approximate surface area is 193 Å². The second-order valence-corrected chi connectivity index (χ2v) is 11.9. The summed E-state index contributed by atoms with van der Waals surface area (Å²) in [6.45, 7) is 14.7. The molecule has 164 valence electrons. The minimum absolute atomic E-state index is 0.0433. The molecule has 0 fully saturated rings. The molecule has 4 rings (SSSR count). The van der Waals surface area contributed by atoms with Gasteiger partial charge in [0.2, 0.25) is 5.91 Å². The zero-order chi connectivity index (χ0) is 22.5. The molecule has 0 aliphatic carbocycles. The number of rotatable bonds is 5. The lowest BCUT2D eigenvalue weighted by Gasteiger charge is -2.14. The van der Waals surface area contributed by atoms with Crippen LogP contribution >= 0.6 is 34.4 Å². The minimum Gasteiger partial charge on any atom is -0.301 e. The Kier molecular flexibility index (Phi) is 5.82. The number of hydrogen-bond donors (Lipinski definition) is 1. The highest BCUT2D eigenvalue weighted by Gasteiger charge is 2.22. The minimum atomic E-state index is -0.112. The number of amides is 1. The van der Waals surface area contributed by atoms with Crippen molar-refractivity contribution in [2.75, 3.05) is 11.1 Å². The van der Waals surface area contributed by atoms with Gasteiger partial charge >= 0.3 is 0 Å². The lowest BCUT2D eigenvalue weighted by atomic mass is 9.93. The first-order valence-electron chi connectivity index (χ1n) is 10.1. The Morgan fingerprint density at radius 3 is 2.61 bits per heavy atom. The first-order valence-corrected chi connectivity index (χ1v) is 12.8. The number of carbonyl (C=O) groups excluding carboxylic acids is 1. The third kappa shape index (κ3) is 4.20. The van der Waals surface area contributed by atoms with Gasteiger partial charge in [0.05, 0.1) is 16.8 Å². The third-order valence-corrected chi connectivity index (χ3v) is 7.82. The molecule has 0 aliphatic heterocycles. The van der Waals surface area contributed by atoms with E-state index in [2.05, 4.69) is 69.0 Å². The summed E-state index contributed by atoms with van der Waals surface area (Å²) < 4.78 is 2.01. The molecule has 31 heavy (non-hydrogen) atoms. The van der Waals surface area contributed by atoms with E-state index in [4.69, 9.17) is 4.98 Å². The molecule has 0 spiro atoms. The van der Waals surface area contributed by atoms with Gasteiger partial charge in [-0.3, -0.25) is 9.20 Å². The standard InChI is InChI=1S/C21H26N6OS3/c1-10(2)16-24-18-15(11(3)12(4)31-18)17-25-26-20(27(16)17)30-9-14(28)23-19-22-13(8-29-19)21(5,6)7/h8,10H,9H2,1-7H3,(H,22,23,28).